The van der Waals surface area contributed by atoms with Crippen LogP contribution >= 0.6 is 15.9 Å². The average Bonchev–Trinajstić information content (AvgIpc) is 3.06. The van der Waals surface area contributed by atoms with Gasteiger partial charge in [0.15, 0.2) is 0 Å². The van der Waals surface area contributed by atoms with Crippen LogP contribution in [0.15, 0.2) is 57.5 Å². The number of carbonyl (C=O) groups excluding carboxylic acids is 1. The summed E-state index contributed by atoms with van der Waals surface area (Å²) in [6.07, 6.45) is 0. The Kier molecular flexibility index (Phi) is 4.71. The highest BCUT2D eigenvalue weighted by atomic mass is 79.9. The van der Waals surface area contributed by atoms with E-state index in [0.717, 1.165) is 10.0 Å². The molecule has 0 spiro atoms. The van der Waals surface area contributed by atoms with E-state index in [1.165, 1.54) is 18.2 Å². The molecule has 0 saturated carbocycles. The summed E-state index contributed by atoms with van der Waals surface area (Å²) >= 11 is 3.36. The number of nitrogens with zero attached hydrogens (tertiary/aromatic N) is 2. The first-order valence-corrected chi connectivity index (χ1v) is 7.99. The number of halogens is 2. The number of nitrogens with one attached hydrogen (secondary N) is 1. The predicted molar refractivity (Wildman–Crippen MR) is 89.7 cm³/mol. The number of aromatic nitrogens is 2. The largest absolute Gasteiger partial charge is 0.340 e. The van der Waals surface area contributed by atoms with E-state index in [4.69, 9.17) is 4.52 Å². The lowest BCUT2D eigenvalue weighted by molar-refractivity contribution is 0.0928. The third kappa shape index (κ3) is 3.51. The maximum atomic E-state index is 13.6. The number of carbonyl (C=O) groups is 1. The van der Waals surface area contributed by atoms with Gasteiger partial charge in [-0.3, -0.25) is 4.79 Å². The molecule has 1 unspecified atom stereocenters. The van der Waals surface area contributed by atoms with Crippen molar-refractivity contribution < 1.29 is 13.7 Å². The Morgan fingerprint density at radius 2 is 1.92 bits per heavy atom. The van der Waals surface area contributed by atoms with E-state index in [9.17, 15) is 9.18 Å². The molecule has 0 aliphatic carbocycles. The average molecular weight is 390 g/mol. The van der Waals surface area contributed by atoms with Crippen LogP contribution < -0.4 is 5.32 Å². The van der Waals surface area contributed by atoms with Gasteiger partial charge in [0.05, 0.1) is 5.56 Å². The van der Waals surface area contributed by atoms with E-state index in [-0.39, 0.29) is 11.5 Å². The van der Waals surface area contributed by atoms with Crippen LogP contribution in [0.1, 0.15) is 29.2 Å². The van der Waals surface area contributed by atoms with Gasteiger partial charge in [0.25, 0.3) is 5.91 Å². The zero-order valence-corrected chi connectivity index (χ0v) is 14.2. The smallest absolute Gasteiger partial charge is 0.254 e. The second-order valence-electron chi connectivity index (χ2n) is 5.14. The van der Waals surface area contributed by atoms with Crippen molar-refractivity contribution in [1.82, 2.24) is 15.5 Å². The van der Waals surface area contributed by atoms with Gasteiger partial charge < -0.3 is 9.84 Å². The number of benzene rings is 2. The van der Waals surface area contributed by atoms with E-state index in [1.54, 1.807) is 13.0 Å². The minimum Gasteiger partial charge on any atom is -0.340 e. The number of rotatable bonds is 4. The molecule has 5 nitrogen and oxygen atoms in total. The van der Waals surface area contributed by atoms with Crippen LogP contribution in [-0.2, 0) is 0 Å². The Labute approximate surface area is 146 Å². The predicted octanol–water partition coefficient (Wildman–Crippen LogP) is 4.13. The van der Waals surface area contributed by atoms with Crippen molar-refractivity contribution >= 4 is 21.8 Å². The molecule has 1 atom stereocenters. The first-order valence-electron chi connectivity index (χ1n) is 7.19. The highest BCUT2D eigenvalue weighted by Crippen LogP contribution is 2.21. The highest BCUT2D eigenvalue weighted by Gasteiger charge is 2.19. The van der Waals surface area contributed by atoms with Gasteiger partial charge in [-0.25, -0.2) is 4.39 Å². The molecule has 1 amide bonds. The monoisotopic (exact) mass is 389 g/mol. The van der Waals surface area contributed by atoms with Gasteiger partial charge in [0.1, 0.15) is 11.9 Å². The van der Waals surface area contributed by atoms with Crippen molar-refractivity contribution in [3.8, 4) is 11.4 Å². The van der Waals surface area contributed by atoms with Gasteiger partial charge in [-0.15, -0.1) is 0 Å². The molecule has 2 aromatic carbocycles. The Morgan fingerprint density at radius 3 is 2.62 bits per heavy atom. The summed E-state index contributed by atoms with van der Waals surface area (Å²) in [6, 6.07) is 12.7. The molecule has 1 N–H and O–H groups in total. The van der Waals surface area contributed by atoms with Crippen LogP contribution in [0.2, 0.25) is 0 Å². The summed E-state index contributed by atoms with van der Waals surface area (Å²) in [5, 5.41) is 6.55. The molecule has 24 heavy (non-hydrogen) atoms. The Bertz CT molecular complexity index is 864. The minimum atomic E-state index is -0.580. The van der Waals surface area contributed by atoms with E-state index in [2.05, 4.69) is 31.4 Å². The molecular formula is C17H13BrFN3O2. The van der Waals surface area contributed by atoms with Gasteiger partial charge in [-0.1, -0.05) is 33.2 Å². The summed E-state index contributed by atoms with van der Waals surface area (Å²) in [7, 11) is 0. The van der Waals surface area contributed by atoms with Gasteiger partial charge >= 0.3 is 0 Å². The molecule has 0 fully saturated rings. The lowest BCUT2D eigenvalue weighted by Crippen LogP contribution is -2.27. The summed E-state index contributed by atoms with van der Waals surface area (Å²) in [5.41, 5.74) is 0.762. The zero-order valence-electron chi connectivity index (χ0n) is 12.7. The van der Waals surface area contributed by atoms with E-state index in [0.29, 0.717) is 5.82 Å². The van der Waals surface area contributed by atoms with Gasteiger partial charge in [0.2, 0.25) is 11.7 Å². The first kappa shape index (κ1) is 16.3. The van der Waals surface area contributed by atoms with Crippen LogP contribution in [0.5, 0.6) is 0 Å². The highest BCUT2D eigenvalue weighted by molar-refractivity contribution is 9.10. The van der Waals surface area contributed by atoms with E-state index in [1.807, 2.05) is 24.3 Å². The minimum absolute atomic E-state index is 0.0306. The fraction of sp³-hybridized carbons (Fsp3) is 0.118. The quantitative estimate of drug-likeness (QED) is 0.728. The van der Waals surface area contributed by atoms with Crippen molar-refractivity contribution in [2.75, 3.05) is 0 Å². The van der Waals surface area contributed by atoms with Crippen LogP contribution in [0, 0.1) is 5.82 Å². The van der Waals surface area contributed by atoms with Crippen LogP contribution in [0.4, 0.5) is 4.39 Å². The molecule has 122 valence electrons. The Hall–Kier alpha value is -2.54. The van der Waals surface area contributed by atoms with Crippen molar-refractivity contribution in [3.63, 3.8) is 0 Å². The maximum absolute atomic E-state index is 13.6. The summed E-state index contributed by atoms with van der Waals surface area (Å²) in [5.74, 6) is -0.450. The first-order chi connectivity index (χ1) is 11.5. The molecule has 1 heterocycles. The standard InChI is InChI=1S/C17H13BrFN3O2/c1-10(20-16(23)13-4-2-3-5-14(13)19)17-21-15(22-24-17)11-6-8-12(18)9-7-11/h2-10H,1H3,(H,20,23). The lowest BCUT2D eigenvalue weighted by atomic mass is 10.2. The van der Waals surface area contributed by atoms with E-state index < -0.39 is 17.8 Å². The second kappa shape index (κ2) is 6.92. The molecule has 1 aromatic heterocycles. The van der Waals surface area contributed by atoms with Crippen LogP contribution in [0.3, 0.4) is 0 Å². The number of amides is 1. The topological polar surface area (TPSA) is 68.0 Å². The normalized spacial score (nSPS) is 12.0. The van der Waals surface area contributed by atoms with Gasteiger partial charge in [-0.2, -0.15) is 4.98 Å². The molecule has 3 aromatic rings. The Morgan fingerprint density at radius 1 is 1.21 bits per heavy atom. The SMILES string of the molecule is CC(NC(=O)c1ccccc1F)c1nc(-c2ccc(Br)cc2)no1. The van der Waals surface area contributed by atoms with Crippen molar-refractivity contribution in [2.24, 2.45) is 0 Å². The van der Waals surface area contributed by atoms with Crippen molar-refractivity contribution in [2.45, 2.75) is 13.0 Å². The summed E-state index contributed by atoms with van der Waals surface area (Å²) in [6.45, 7) is 1.69. The summed E-state index contributed by atoms with van der Waals surface area (Å²) in [4.78, 5) is 16.4. The van der Waals surface area contributed by atoms with Crippen LogP contribution in [0.25, 0.3) is 11.4 Å². The zero-order chi connectivity index (χ0) is 17.1. The van der Waals surface area contributed by atoms with E-state index >= 15 is 0 Å². The van der Waals surface area contributed by atoms with Crippen LogP contribution in [-0.4, -0.2) is 16.0 Å². The molecule has 0 radical (unpaired) electrons. The third-order valence-corrected chi connectivity index (χ3v) is 3.91. The molecule has 3 rings (SSSR count). The molecule has 0 bridgehead atoms. The third-order valence-electron chi connectivity index (χ3n) is 3.38. The fourth-order valence-electron chi connectivity index (χ4n) is 2.11. The molecular weight excluding hydrogens is 377 g/mol. The molecule has 0 aliphatic heterocycles. The molecule has 0 aliphatic rings. The summed E-state index contributed by atoms with van der Waals surface area (Å²) < 4.78 is 19.8. The van der Waals surface area contributed by atoms with Gasteiger partial charge in [-0.05, 0) is 43.3 Å². The van der Waals surface area contributed by atoms with Crippen molar-refractivity contribution in [1.29, 1.82) is 0 Å². The molecule has 7 heteroatoms. The Balaban J connectivity index is 1.74. The second-order valence-corrected chi connectivity index (χ2v) is 6.05. The fourth-order valence-corrected chi connectivity index (χ4v) is 2.37. The van der Waals surface area contributed by atoms with Gasteiger partial charge in [0, 0.05) is 10.0 Å². The molecule has 0 saturated heterocycles. The van der Waals surface area contributed by atoms with Crippen molar-refractivity contribution in [3.05, 3.63) is 70.3 Å². The number of hydrogen-bond donors (Lipinski definition) is 1. The maximum Gasteiger partial charge on any atom is 0.254 e. The lowest BCUT2D eigenvalue weighted by Gasteiger charge is -2.10. The number of hydrogen-bond acceptors (Lipinski definition) is 4.